The van der Waals surface area contributed by atoms with Crippen molar-refractivity contribution >= 4 is 21.7 Å². The highest BCUT2D eigenvalue weighted by molar-refractivity contribution is 7.88. The second-order valence-corrected chi connectivity index (χ2v) is 7.27. The number of amides is 1. The second kappa shape index (κ2) is 7.71. The van der Waals surface area contributed by atoms with Crippen molar-refractivity contribution in [2.24, 2.45) is 0 Å². The van der Waals surface area contributed by atoms with Gasteiger partial charge in [-0.05, 0) is 19.1 Å². The minimum atomic E-state index is -3.20. The number of carbonyl (C=O) groups excluding carboxylic acids is 1. The highest BCUT2D eigenvalue weighted by Gasteiger charge is 2.26. The number of hydrogen-bond donors (Lipinski definition) is 2. The van der Waals surface area contributed by atoms with Crippen LogP contribution < -0.4 is 10.6 Å². The van der Waals surface area contributed by atoms with Gasteiger partial charge in [-0.2, -0.15) is 4.31 Å². The number of morpholine rings is 1. The van der Waals surface area contributed by atoms with Gasteiger partial charge in [-0.1, -0.05) is 0 Å². The summed E-state index contributed by atoms with van der Waals surface area (Å²) in [5, 5.41) is 5.80. The molecule has 0 bridgehead atoms. The van der Waals surface area contributed by atoms with E-state index in [4.69, 9.17) is 4.74 Å². The van der Waals surface area contributed by atoms with Gasteiger partial charge in [-0.3, -0.25) is 4.79 Å². The summed E-state index contributed by atoms with van der Waals surface area (Å²) in [7, 11) is -3.20. The first kappa shape index (κ1) is 17.6. The van der Waals surface area contributed by atoms with Crippen LogP contribution in [0.4, 0.5) is 5.82 Å². The van der Waals surface area contributed by atoms with Crippen molar-refractivity contribution in [1.82, 2.24) is 14.6 Å². The summed E-state index contributed by atoms with van der Waals surface area (Å²) in [6.45, 7) is 3.94. The van der Waals surface area contributed by atoms with Gasteiger partial charge < -0.3 is 15.4 Å². The predicted octanol–water partition coefficient (Wildman–Crippen LogP) is -0.0964. The first-order valence-electron chi connectivity index (χ1n) is 7.45. The molecule has 1 aliphatic heterocycles. The molecule has 1 aliphatic rings. The van der Waals surface area contributed by atoms with Gasteiger partial charge in [0.1, 0.15) is 5.82 Å². The molecule has 0 radical (unpaired) electrons. The number of carbonyl (C=O) groups is 1. The summed E-state index contributed by atoms with van der Waals surface area (Å²) in [5.74, 6) is 0.448. The van der Waals surface area contributed by atoms with E-state index in [1.165, 1.54) is 16.8 Å². The number of pyridine rings is 1. The Morgan fingerprint density at radius 3 is 2.87 bits per heavy atom. The largest absolute Gasteiger partial charge is 0.374 e. The quantitative estimate of drug-likeness (QED) is 0.749. The van der Waals surface area contributed by atoms with Crippen LogP contribution in [0.3, 0.4) is 0 Å². The maximum Gasteiger partial charge on any atom is 0.252 e. The number of nitrogens with one attached hydrogen (secondary N) is 2. The number of nitrogens with zero attached hydrogens (tertiary/aromatic N) is 2. The standard InChI is InChI=1S/C14H22N4O4S/c1-3-15-14(19)11-4-5-13(16-8-11)17-9-12-10-18(6-7-22-12)23(2,20)21/h4-5,8,12H,3,6-7,9-10H2,1-2H3,(H,15,19)(H,16,17). The van der Waals surface area contributed by atoms with Crippen molar-refractivity contribution in [2.45, 2.75) is 13.0 Å². The van der Waals surface area contributed by atoms with E-state index in [1.54, 1.807) is 12.1 Å². The Kier molecular flexibility index (Phi) is 5.91. The summed E-state index contributed by atoms with van der Waals surface area (Å²) in [5.41, 5.74) is 0.495. The Balaban J connectivity index is 1.87. The molecule has 0 spiro atoms. The van der Waals surface area contributed by atoms with Crippen molar-refractivity contribution in [2.75, 3.05) is 44.4 Å². The van der Waals surface area contributed by atoms with Crippen molar-refractivity contribution in [3.8, 4) is 0 Å². The Morgan fingerprint density at radius 2 is 2.26 bits per heavy atom. The normalized spacial score (nSPS) is 19.3. The van der Waals surface area contributed by atoms with Crippen molar-refractivity contribution < 1.29 is 17.9 Å². The minimum absolute atomic E-state index is 0.161. The number of ether oxygens (including phenoxy) is 1. The Bertz CT molecular complexity index is 633. The lowest BCUT2D eigenvalue weighted by Gasteiger charge is -2.31. The van der Waals surface area contributed by atoms with E-state index >= 15 is 0 Å². The van der Waals surface area contributed by atoms with Gasteiger partial charge in [0.15, 0.2) is 0 Å². The molecule has 128 valence electrons. The number of anilines is 1. The third kappa shape index (κ3) is 5.15. The molecule has 1 atom stereocenters. The van der Waals surface area contributed by atoms with Gasteiger partial charge in [0, 0.05) is 32.4 Å². The zero-order valence-corrected chi connectivity index (χ0v) is 14.1. The summed E-state index contributed by atoms with van der Waals surface area (Å²) in [4.78, 5) is 15.8. The van der Waals surface area contributed by atoms with E-state index in [9.17, 15) is 13.2 Å². The van der Waals surface area contributed by atoms with Crippen LogP contribution in [0, 0.1) is 0 Å². The topological polar surface area (TPSA) is 101 Å². The molecule has 8 nitrogen and oxygen atoms in total. The molecular formula is C14H22N4O4S. The lowest BCUT2D eigenvalue weighted by atomic mass is 10.2. The minimum Gasteiger partial charge on any atom is -0.374 e. The molecule has 1 aromatic rings. The first-order chi connectivity index (χ1) is 10.9. The molecule has 2 rings (SSSR count). The van der Waals surface area contributed by atoms with E-state index in [1.807, 2.05) is 6.92 Å². The van der Waals surface area contributed by atoms with Crippen LogP contribution in [0.15, 0.2) is 18.3 Å². The molecule has 1 aromatic heterocycles. The number of sulfonamides is 1. The van der Waals surface area contributed by atoms with Crippen molar-refractivity contribution in [3.05, 3.63) is 23.9 Å². The SMILES string of the molecule is CCNC(=O)c1ccc(NCC2CN(S(C)(=O)=O)CCO2)nc1. The highest BCUT2D eigenvalue weighted by atomic mass is 32.2. The fourth-order valence-corrected chi connectivity index (χ4v) is 3.07. The Labute approximate surface area is 136 Å². The smallest absolute Gasteiger partial charge is 0.252 e. The van der Waals surface area contributed by atoms with Crippen LogP contribution in [0.25, 0.3) is 0 Å². The second-order valence-electron chi connectivity index (χ2n) is 5.29. The van der Waals surface area contributed by atoms with E-state index in [0.717, 1.165) is 0 Å². The van der Waals surface area contributed by atoms with E-state index < -0.39 is 10.0 Å². The highest BCUT2D eigenvalue weighted by Crippen LogP contribution is 2.11. The maximum absolute atomic E-state index is 11.6. The Morgan fingerprint density at radius 1 is 1.48 bits per heavy atom. The molecular weight excluding hydrogens is 320 g/mol. The van der Waals surface area contributed by atoms with Crippen LogP contribution in [0.1, 0.15) is 17.3 Å². The van der Waals surface area contributed by atoms with Crippen LogP contribution in [0.2, 0.25) is 0 Å². The molecule has 0 aromatic carbocycles. The van der Waals surface area contributed by atoms with E-state index in [0.29, 0.717) is 44.2 Å². The van der Waals surface area contributed by atoms with Gasteiger partial charge in [-0.25, -0.2) is 13.4 Å². The summed E-state index contributed by atoms with van der Waals surface area (Å²) < 4.78 is 30.1. The molecule has 1 fully saturated rings. The summed E-state index contributed by atoms with van der Waals surface area (Å²) in [6.07, 6.45) is 2.46. The van der Waals surface area contributed by atoms with E-state index in [2.05, 4.69) is 15.6 Å². The first-order valence-corrected chi connectivity index (χ1v) is 9.30. The lowest BCUT2D eigenvalue weighted by molar-refractivity contribution is 0.00700. The molecule has 0 aliphatic carbocycles. The fourth-order valence-electron chi connectivity index (χ4n) is 2.23. The maximum atomic E-state index is 11.6. The van der Waals surface area contributed by atoms with Crippen LogP contribution >= 0.6 is 0 Å². The van der Waals surface area contributed by atoms with Crippen LogP contribution in [0.5, 0.6) is 0 Å². The van der Waals surface area contributed by atoms with Gasteiger partial charge >= 0.3 is 0 Å². The predicted molar refractivity (Wildman–Crippen MR) is 86.9 cm³/mol. The van der Waals surface area contributed by atoms with Crippen molar-refractivity contribution in [3.63, 3.8) is 0 Å². The number of rotatable bonds is 6. The average molecular weight is 342 g/mol. The van der Waals surface area contributed by atoms with Crippen molar-refractivity contribution in [1.29, 1.82) is 0 Å². The third-order valence-electron chi connectivity index (χ3n) is 3.44. The molecule has 1 saturated heterocycles. The summed E-state index contributed by atoms with van der Waals surface area (Å²) in [6, 6.07) is 3.40. The summed E-state index contributed by atoms with van der Waals surface area (Å²) >= 11 is 0. The van der Waals surface area contributed by atoms with E-state index in [-0.39, 0.29) is 12.0 Å². The Hall–Kier alpha value is -1.71. The molecule has 1 unspecified atom stereocenters. The lowest BCUT2D eigenvalue weighted by Crippen LogP contribution is -2.47. The van der Waals surface area contributed by atoms with Gasteiger partial charge in [-0.15, -0.1) is 0 Å². The van der Waals surface area contributed by atoms with Gasteiger partial charge in [0.2, 0.25) is 10.0 Å². The zero-order valence-electron chi connectivity index (χ0n) is 13.3. The monoisotopic (exact) mass is 342 g/mol. The van der Waals surface area contributed by atoms with Crippen LogP contribution in [-0.4, -0.2) is 68.8 Å². The molecule has 1 amide bonds. The molecule has 2 N–H and O–H groups in total. The molecule has 0 saturated carbocycles. The molecule has 2 heterocycles. The zero-order chi connectivity index (χ0) is 16.9. The molecule has 9 heteroatoms. The average Bonchev–Trinajstić information content (AvgIpc) is 2.53. The third-order valence-corrected chi connectivity index (χ3v) is 4.71. The van der Waals surface area contributed by atoms with Gasteiger partial charge in [0.25, 0.3) is 5.91 Å². The fraction of sp³-hybridized carbons (Fsp3) is 0.571. The number of hydrogen-bond acceptors (Lipinski definition) is 6. The number of aromatic nitrogens is 1. The van der Waals surface area contributed by atoms with Gasteiger partial charge in [0.05, 0.1) is 24.5 Å². The molecule has 23 heavy (non-hydrogen) atoms. The van der Waals surface area contributed by atoms with Crippen LogP contribution in [-0.2, 0) is 14.8 Å².